The summed E-state index contributed by atoms with van der Waals surface area (Å²) in [4.78, 5) is 0. The minimum Gasteiger partial charge on any atom is -0.406 e. The third-order valence-corrected chi connectivity index (χ3v) is 2.68. The molecule has 96 valence electrons. The summed E-state index contributed by atoms with van der Waals surface area (Å²) in [6.07, 6.45) is -9.77. The average molecular weight is 323 g/mol. The molecule has 1 aromatic carbocycles. The summed E-state index contributed by atoms with van der Waals surface area (Å²) in [5.74, 6) is -0.915. The van der Waals surface area contributed by atoms with Crippen molar-refractivity contribution in [1.29, 1.82) is 0 Å². The Balaban J connectivity index is 3.25. The Morgan fingerprint density at radius 2 is 1.59 bits per heavy atom. The maximum absolute atomic E-state index is 12.5. The molecule has 0 amide bonds. The van der Waals surface area contributed by atoms with Crippen molar-refractivity contribution in [3.63, 3.8) is 0 Å². The number of ether oxygens (including phenoxy) is 1. The molecule has 0 aliphatic heterocycles. The van der Waals surface area contributed by atoms with Gasteiger partial charge in [0.05, 0.1) is 5.56 Å². The van der Waals surface area contributed by atoms with Crippen molar-refractivity contribution in [3.05, 3.63) is 27.7 Å². The van der Waals surface area contributed by atoms with E-state index in [-0.39, 0.29) is 10.0 Å². The highest BCUT2D eigenvalue weighted by Crippen LogP contribution is 2.38. The second kappa shape index (κ2) is 4.40. The Hall–Kier alpha value is -0.920. The molecule has 0 fully saturated rings. The Labute approximate surface area is 101 Å². The maximum Gasteiger partial charge on any atom is 0.573 e. The van der Waals surface area contributed by atoms with E-state index in [1.54, 1.807) is 0 Å². The average Bonchev–Trinajstić information content (AvgIpc) is 2.06. The Kier molecular flexibility index (Phi) is 3.66. The highest BCUT2D eigenvalue weighted by Gasteiger charge is 2.36. The Morgan fingerprint density at radius 1 is 1.06 bits per heavy atom. The van der Waals surface area contributed by atoms with Crippen LogP contribution in [0.3, 0.4) is 0 Å². The van der Waals surface area contributed by atoms with Crippen molar-refractivity contribution in [3.8, 4) is 5.75 Å². The summed E-state index contributed by atoms with van der Waals surface area (Å²) in [5.41, 5.74) is -1.38. The fourth-order valence-corrected chi connectivity index (χ4v) is 1.58. The van der Waals surface area contributed by atoms with Crippen molar-refractivity contribution in [2.24, 2.45) is 0 Å². The van der Waals surface area contributed by atoms with E-state index < -0.39 is 23.9 Å². The van der Waals surface area contributed by atoms with Gasteiger partial charge in [0.25, 0.3) is 0 Å². The van der Waals surface area contributed by atoms with Crippen LogP contribution in [0.15, 0.2) is 16.6 Å². The van der Waals surface area contributed by atoms with E-state index in [9.17, 15) is 26.3 Å². The summed E-state index contributed by atoms with van der Waals surface area (Å²) in [6, 6.07) is 1.14. The van der Waals surface area contributed by atoms with E-state index in [4.69, 9.17) is 0 Å². The van der Waals surface area contributed by atoms with Crippen LogP contribution in [0.2, 0.25) is 0 Å². The smallest absolute Gasteiger partial charge is 0.406 e. The van der Waals surface area contributed by atoms with Gasteiger partial charge in [-0.2, -0.15) is 13.2 Å². The molecule has 0 aromatic heterocycles. The molecule has 8 heteroatoms. The molecule has 1 nitrogen and oxygen atoms in total. The van der Waals surface area contributed by atoms with Gasteiger partial charge in [-0.25, -0.2) is 0 Å². The first-order valence-electron chi connectivity index (χ1n) is 4.14. The lowest BCUT2D eigenvalue weighted by atomic mass is 10.1. The molecule has 0 bridgehead atoms. The number of rotatable bonds is 1. The van der Waals surface area contributed by atoms with Crippen LogP contribution < -0.4 is 4.74 Å². The van der Waals surface area contributed by atoms with E-state index in [0.29, 0.717) is 6.07 Å². The molecule has 0 saturated heterocycles. The molecule has 0 spiro atoms. The van der Waals surface area contributed by atoms with E-state index >= 15 is 0 Å². The monoisotopic (exact) mass is 322 g/mol. The lowest BCUT2D eigenvalue weighted by Gasteiger charge is -2.15. The summed E-state index contributed by atoms with van der Waals surface area (Å²) < 4.78 is 76.4. The van der Waals surface area contributed by atoms with E-state index in [2.05, 4.69) is 20.7 Å². The van der Waals surface area contributed by atoms with Crippen LogP contribution in [0, 0.1) is 6.92 Å². The maximum atomic E-state index is 12.5. The van der Waals surface area contributed by atoms with E-state index in [0.717, 1.165) is 13.0 Å². The van der Waals surface area contributed by atoms with Crippen LogP contribution in [0.25, 0.3) is 0 Å². The first-order valence-corrected chi connectivity index (χ1v) is 4.93. The van der Waals surface area contributed by atoms with Crippen LogP contribution in [0.4, 0.5) is 26.3 Å². The predicted molar refractivity (Wildman–Crippen MR) is 50.6 cm³/mol. The minimum atomic E-state index is -5.03. The molecule has 17 heavy (non-hydrogen) atoms. The number of hydrogen-bond donors (Lipinski definition) is 0. The van der Waals surface area contributed by atoms with Gasteiger partial charge in [0.2, 0.25) is 0 Å². The number of halogens is 7. The van der Waals surface area contributed by atoms with Gasteiger partial charge in [-0.15, -0.1) is 13.2 Å². The van der Waals surface area contributed by atoms with Crippen LogP contribution in [-0.2, 0) is 6.18 Å². The SMILES string of the molecule is Cc1c(Br)cc(OC(F)(F)F)cc1C(F)(F)F. The van der Waals surface area contributed by atoms with Gasteiger partial charge in [-0.3, -0.25) is 0 Å². The van der Waals surface area contributed by atoms with Crippen molar-refractivity contribution in [2.75, 3.05) is 0 Å². The second-order valence-corrected chi connectivity index (χ2v) is 3.98. The number of hydrogen-bond acceptors (Lipinski definition) is 1. The zero-order chi connectivity index (χ0) is 13.4. The lowest BCUT2D eigenvalue weighted by Crippen LogP contribution is -2.18. The summed E-state index contributed by atoms with van der Waals surface area (Å²) in [7, 11) is 0. The van der Waals surface area contributed by atoms with E-state index in [1.165, 1.54) is 0 Å². The lowest BCUT2D eigenvalue weighted by molar-refractivity contribution is -0.274. The van der Waals surface area contributed by atoms with Crippen LogP contribution in [0.1, 0.15) is 11.1 Å². The van der Waals surface area contributed by atoms with Gasteiger partial charge in [0.15, 0.2) is 0 Å². The van der Waals surface area contributed by atoms with Gasteiger partial charge in [0.1, 0.15) is 5.75 Å². The third-order valence-electron chi connectivity index (χ3n) is 1.86. The molecule has 0 aliphatic rings. The highest BCUT2D eigenvalue weighted by atomic mass is 79.9. The van der Waals surface area contributed by atoms with E-state index in [1.807, 2.05) is 0 Å². The zero-order valence-electron chi connectivity index (χ0n) is 8.21. The van der Waals surface area contributed by atoms with Gasteiger partial charge < -0.3 is 4.74 Å². The molecule has 0 radical (unpaired) electrons. The first-order chi connectivity index (χ1) is 7.50. The largest absolute Gasteiger partial charge is 0.573 e. The van der Waals surface area contributed by atoms with Crippen LogP contribution in [-0.4, -0.2) is 6.36 Å². The normalized spacial score (nSPS) is 12.7. The fourth-order valence-electron chi connectivity index (χ4n) is 1.14. The molecule has 0 heterocycles. The van der Waals surface area contributed by atoms with Crippen molar-refractivity contribution < 1.29 is 31.1 Å². The summed E-state index contributed by atoms with van der Waals surface area (Å²) in [5, 5.41) is 0. The molecule has 0 aliphatic carbocycles. The van der Waals surface area contributed by atoms with Gasteiger partial charge in [-0.1, -0.05) is 15.9 Å². The zero-order valence-corrected chi connectivity index (χ0v) is 9.79. The number of benzene rings is 1. The third kappa shape index (κ3) is 3.79. The molecule has 1 rings (SSSR count). The Morgan fingerprint density at radius 3 is 2.00 bits per heavy atom. The van der Waals surface area contributed by atoms with Gasteiger partial charge >= 0.3 is 12.5 Å². The quantitative estimate of drug-likeness (QED) is 0.682. The topological polar surface area (TPSA) is 9.23 Å². The first kappa shape index (κ1) is 14.1. The molecule has 1 aromatic rings. The van der Waals surface area contributed by atoms with Crippen molar-refractivity contribution in [2.45, 2.75) is 19.5 Å². The summed E-state index contributed by atoms with van der Waals surface area (Å²) >= 11 is 2.75. The molecular weight excluding hydrogens is 318 g/mol. The molecule has 0 N–H and O–H groups in total. The van der Waals surface area contributed by atoms with Crippen LogP contribution >= 0.6 is 15.9 Å². The van der Waals surface area contributed by atoms with Gasteiger partial charge in [-0.05, 0) is 24.6 Å². The van der Waals surface area contributed by atoms with Crippen LogP contribution in [0.5, 0.6) is 5.75 Å². The molecular formula is C9H5BrF6O. The minimum absolute atomic E-state index is 0.105. The highest BCUT2D eigenvalue weighted by molar-refractivity contribution is 9.10. The summed E-state index contributed by atoms with van der Waals surface area (Å²) in [6.45, 7) is 1.14. The van der Waals surface area contributed by atoms with Crippen molar-refractivity contribution in [1.82, 2.24) is 0 Å². The Bertz CT molecular complexity index is 423. The standard InChI is InChI=1S/C9H5BrF6O/c1-4-6(8(11,12)13)2-5(3-7(4)10)17-9(14,15)16/h2-3H,1H3. The fraction of sp³-hybridized carbons (Fsp3) is 0.333. The number of alkyl halides is 6. The van der Waals surface area contributed by atoms with Gasteiger partial charge in [0, 0.05) is 4.47 Å². The molecule has 0 atom stereocenters. The van der Waals surface area contributed by atoms with Crippen molar-refractivity contribution >= 4 is 15.9 Å². The molecule has 0 saturated carbocycles. The predicted octanol–water partition coefficient (Wildman–Crippen LogP) is 4.67. The second-order valence-electron chi connectivity index (χ2n) is 3.12. The molecule has 0 unspecified atom stereocenters.